The Labute approximate surface area is 212 Å². The van der Waals surface area contributed by atoms with Gasteiger partial charge in [-0.05, 0) is 74.7 Å². The molecule has 178 valence electrons. The van der Waals surface area contributed by atoms with E-state index in [-0.39, 0.29) is 11.5 Å². The number of aliphatic hydroxyl groups excluding tert-OH is 1. The van der Waals surface area contributed by atoms with E-state index >= 15 is 0 Å². The Kier molecular flexibility index (Phi) is 7.76. The van der Waals surface area contributed by atoms with Crippen LogP contribution >= 0.6 is 7.26 Å². The summed E-state index contributed by atoms with van der Waals surface area (Å²) in [5.74, 6) is 6.97. The zero-order valence-electron chi connectivity index (χ0n) is 21.3. The molecule has 0 spiro atoms. The van der Waals surface area contributed by atoms with Gasteiger partial charge in [-0.1, -0.05) is 85.9 Å². The van der Waals surface area contributed by atoms with Gasteiger partial charge in [-0.15, -0.1) is 0 Å². The lowest BCUT2D eigenvalue weighted by Gasteiger charge is -2.34. The predicted molar refractivity (Wildman–Crippen MR) is 153 cm³/mol. The van der Waals surface area contributed by atoms with Gasteiger partial charge >= 0.3 is 0 Å². The highest BCUT2D eigenvalue weighted by Gasteiger charge is 2.44. The van der Waals surface area contributed by atoms with Crippen molar-refractivity contribution < 1.29 is 5.11 Å². The van der Waals surface area contributed by atoms with Crippen LogP contribution in [0.2, 0.25) is 0 Å². The minimum atomic E-state index is -1.90. The second-order valence-corrected chi connectivity index (χ2v) is 13.8. The monoisotopic (exact) mass is 479 g/mol. The standard InChI is InChI=1S/C33H36OP/c1-26(20-21-32-27(2)24-28(34)25-33(32,3)4)22-23-35(29-14-8-5-9-15-29,30-16-10-6-11-17-30)31-18-12-7-13-19-31/h5-19,22,28,34H,23-25H2,1-4H3/q+1/b26-22+. The summed E-state index contributed by atoms with van der Waals surface area (Å²) >= 11 is 0. The van der Waals surface area contributed by atoms with Crippen LogP contribution in [0.3, 0.4) is 0 Å². The first-order valence-corrected chi connectivity index (χ1v) is 14.4. The fourth-order valence-corrected chi connectivity index (χ4v) is 9.49. The van der Waals surface area contributed by atoms with Crippen LogP contribution < -0.4 is 15.9 Å². The molecule has 1 aliphatic carbocycles. The van der Waals surface area contributed by atoms with Crippen molar-refractivity contribution in [2.75, 3.05) is 6.16 Å². The smallest absolute Gasteiger partial charge is 0.116 e. The molecule has 3 aromatic carbocycles. The van der Waals surface area contributed by atoms with E-state index in [1.54, 1.807) is 0 Å². The third-order valence-electron chi connectivity index (χ3n) is 7.04. The average Bonchev–Trinajstić information content (AvgIpc) is 2.85. The summed E-state index contributed by atoms with van der Waals surface area (Å²) in [7, 11) is -1.90. The summed E-state index contributed by atoms with van der Waals surface area (Å²) in [5, 5.41) is 14.4. The Hall–Kier alpha value is -2.91. The maximum atomic E-state index is 10.2. The molecule has 0 radical (unpaired) electrons. The number of allylic oxidation sites excluding steroid dienone is 3. The molecule has 4 rings (SSSR count). The van der Waals surface area contributed by atoms with Gasteiger partial charge in [-0.3, -0.25) is 0 Å². The molecule has 0 bridgehead atoms. The lowest BCUT2D eigenvalue weighted by Crippen LogP contribution is -2.33. The van der Waals surface area contributed by atoms with Crippen molar-refractivity contribution in [3.05, 3.63) is 114 Å². The lowest BCUT2D eigenvalue weighted by atomic mass is 9.72. The molecular formula is C33H36OP+. The molecule has 0 fully saturated rings. The highest BCUT2D eigenvalue weighted by molar-refractivity contribution is 7.95. The fraction of sp³-hybridized carbons (Fsp3) is 0.273. The van der Waals surface area contributed by atoms with Gasteiger partial charge in [0.2, 0.25) is 0 Å². The van der Waals surface area contributed by atoms with E-state index in [4.69, 9.17) is 0 Å². The number of hydrogen-bond donors (Lipinski definition) is 1. The van der Waals surface area contributed by atoms with Gasteiger partial charge in [0.25, 0.3) is 0 Å². The largest absolute Gasteiger partial charge is 0.393 e. The first-order valence-electron chi connectivity index (χ1n) is 12.4. The first kappa shape index (κ1) is 25.2. The number of benzene rings is 3. The van der Waals surface area contributed by atoms with Crippen molar-refractivity contribution >= 4 is 23.2 Å². The summed E-state index contributed by atoms with van der Waals surface area (Å²) in [6, 6.07) is 32.9. The van der Waals surface area contributed by atoms with Crippen molar-refractivity contribution in [2.45, 2.75) is 46.6 Å². The Balaban J connectivity index is 1.78. The fourth-order valence-electron chi connectivity index (χ4n) is 5.37. The minimum Gasteiger partial charge on any atom is -0.393 e. The van der Waals surface area contributed by atoms with E-state index in [1.165, 1.54) is 27.1 Å². The average molecular weight is 480 g/mol. The summed E-state index contributed by atoms with van der Waals surface area (Å²) in [5.41, 5.74) is 3.41. The molecule has 3 aromatic rings. The van der Waals surface area contributed by atoms with Crippen LogP contribution in [0.5, 0.6) is 0 Å². The molecule has 1 N–H and O–H groups in total. The molecule has 1 aliphatic rings. The SMILES string of the molecule is CC1=C(C#C/C(C)=C/C[P+](c2ccccc2)(c2ccccc2)c2ccccc2)C(C)(C)CC(O)C1. The molecule has 2 heteroatoms. The van der Waals surface area contributed by atoms with E-state index in [9.17, 15) is 5.11 Å². The maximum absolute atomic E-state index is 10.2. The summed E-state index contributed by atoms with van der Waals surface area (Å²) < 4.78 is 0. The molecule has 0 saturated carbocycles. The van der Waals surface area contributed by atoms with Gasteiger partial charge in [0.15, 0.2) is 0 Å². The van der Waals surface area contributed by atoms with Crippen LogP contribution in [-0.4, -0.2) is 17.4 Å². The number of aliphatic hydroxyl groups is 1. The number of hydrogen-bond acceptors (Lipinski definition) is 1. The van der Waals surface area contributed by atoms with E-state index in [2.05, 4.69) is 137 Å². The predicted octanol–water partition coefficient (Wildman–Crippen LogP) is 6.43. The van der Waals surface area contributed by atoms with Crippen LogP contribution in [0.25, 0.3) is 0 Å². The highest BCUT2D eigenvalue weighted by atomic mass is 31.2. The Morgan fingerprint density at radius 3 is 1.77 bits per heavy atom. The van der Waals surface area contributed by atoms with Gasteiger partial charge < -0.3 is 5.11 Å². The van der Waals surface area contributed by atoms with Gasteiger partial charge in [-0.2, -0.15) is 0 Å². The van der Waals surface area contributed by atoms with Crippen molar-refractivity contribution in [1.29, 1.82) is 0 Å². The minimum absolute atomic E-state index is 0.0933. The molecular weight excluding hydrogens is 443 g/mol. The van der Waals surface area contributed by atoms with E-state index in [0.717, 1.165) is 24.6 Å². The van der Waals surface area contributed by atoms with E-state index in [0.29, 0.717) is 0 Å². The molecule has 0 aliphatic heterocycles. The van der Waals surface area contributed by atoms with Crippen molar-refractivity contribution in [2.24, 2.45) is 5.41 Å². The quantitative estimate of drug-likeness (QED) is 0.330. The number of rotatable bonds is 5. The van der Waals surface area contributed by atoms with Crippen LogP contribution in [-0.2, 0) is 0 Å². The molecule has 1 unspecified atom stereocenters. The van der Waals surface area contributed by atoms with E-state index < -0.39 is 7.26 Å². The van der Waals surface area contributed by atoms with Gasteiger partial charge in [0, 0.05) is 11.0 Å². The topological polar surface area (TPSA) is 20.2 Å². The van der Waals surface area contributed by atoms with Crippen LogP contribution in [0, 0.1) is 17.3 Å². The van der Waals surface area contributed by atoms with Crippen LogP contribution in [0.15, 0.2) is 114 Å². The maximum Gasteiger partial charge on any atom is 0.116 e. The molecule has 35 heavy (non-hydrogen) atoms. The molecule has 1 nitrogen and oxygen atoms in total. The zero-order valence-corrected chi connectivity index (χ0v) is 22.2. The second kappa shape index (κ2) is 10.8. The molecule has 0 aromatic heterocycles. The summed E-state index contributed by atoms with van der Waals surface area (Å²) in [6.07, 6.45) is 4.49. The highest BCUT2D eigenvalue weighted by Crippen LogP contribution is 2.55. The van der Waals surface area contributed by atoms with E-state index in [1.807, 2.05) is 0 Å². The van der Waals surface area contributed by atoms with Gasteiger partial charge in [-0.25, -0.2) is 0 Å². The molecule has 0 amide bonds. The Bertz CT molecular complexity index is 1160. The van der Waals surface area contributed by atoms with Crippen molar-refractivity contribution in [1.82, 2.24) is 0 Å². The molecule has 0 heterocycles. The summed E-state index contributed by atoms with van der Waals surface area (Å²) in [4.78, 5) is 0. The third kappa shape index (κ3) is 5.51. The first-order chi connectivity index (χ1) is 16.8. The second-order valence-electron chi connectivity index (χ2n) is 10.2. The van der Waals surface area contributed by atoms with Gasteiger partial charge in [0.05, 0.1) is 12.3 Å². The molecule has 1 atom stereocenters. The zero-order chi connectivity index (χ0) is 24.9. The lowest BCUT2D eigenvalue weighted by molar-refractivity contribution is 0.117. The third-order valence-corrected chi connectivity index (χ3v) is 11.3. The Morgan fingerprint density at radius 1 is 0.886 bits per heavy atom. The summed E-state index contributed by atoms with van der Waals surface area (Å²) in [6.45, 7) is 8.63. The van der Waals surface area contributed by atoms with Gasteiger partial charge in [0.1, 0.15) is 23.2 Å². The van der Waals surface area contributed by atoms with Crippen molar-refractivity contribution in [3.63, 3.8) is 0 Å². The van der Waals surface area contributed by atoms with Crippen LogP contribution in [0.4, 0.5) is 0 Å². The van der Waals surface area contributed by atoms with Crippen molar-refractivity contribution in [3.8, 4) is 11.8 Å². The molecule has 0 saturated heterocycles. The van der Waals surface area contributed by atoms with Crippen LogP contribution in [0.1, 0.15) is 40.5 Å². The normalized spacial score (nSPS) is 18.1. The Morgan fingerprint density at radius 2 is 1.34 bits per heavy atom.